The highest BCUT2D eigenvalue weighted by Gasteiger charge is 2.14. The van der Waals surface area contributed by atoms with Gasteiger partial charge in [-0.1, -0.05) is 34.1 Å². The van der Waals surface area contributed by atoms with Crippen molar-refractivity contribution in [1.29, 1.82) is 0 Å². The summed E-state index contributed by atoms with van der Waals surface area (Å²) in [6.07, 6.45) is 1.95. The Morgan fingerprint density at radius 3 is 2.68 bits per heavy atom. The van der Waals surface area contributed by atoms with Crippen molar-refractivity contribution in [2.45, 2.75) is 39.3 Å². The summed E-state index contributed by atoms with van der Waals surface area (Å²) in [5.41, 5.74) is 2.96. The number of rotatable bonds is 4. The van der Waals surface area contributed by atoms with Crippen LogP contribution in [0, 0.1) is 6.92 Å². The summed E-state index contributed by atoms with van der Waals surface area (Å²) in [5, 5.41) is 14.8. The van der Waals surface area contributed by atoms with Gasteiger partial charge in [-0.2, -0.15) is 5.10 Å². The Hall–Kier alpha value is -1.13. The van der Waals surface area contributed by atoms with Crippen LogP contribution < -0.4 is 0 Å². The van der Waals surface area contributed by atoms with Gasteiger partial charge in [-0.25, -0.2) is 0 Å². The molecule has 0 spiro atoms. The van der Waals surface area contributed by atoms with Gasteiger partial charge in [0.15, 0.2) is 0 Å². The fourth-order valence-electron chi connectivity index (χ4n) is 2.01. The molecule has 4 heteroatoms. The van der Waals surface area contributed by atoms with Gasteiger partial charge in [0.2, 0.25) is 0 Å². The van der Waals surface area contributed by atoms with Gasteiger partial charge < -0.3 is 5.11 Å². The van der Waals surface area contributed by atoms with Crippen LogP contribution in [-0.4, -0.2) is 14.9 Å². The predicted molar refractivity (Wildman–Crippen MR) is 80.2 cm³/mol. The minimum Gasteiger partial charge on any atom is -0.388 e. The summed E-state index contributed by atoms with van der Waals surface area (Å²) in [5.74, 6) is 0. The summed E-state index contributed by atoms with van der Waals surface area (Å²) < 4.78 is 2.89. The van der Waals surface area contributed by atoms with Crippen molar-refractivity contribution in [3.05, 3.63) is 51.8 Å². The van der Waals surface area contributed by atoms with Gasteiger partial charge in [0.1, 0.15) is 0 Å². The first-order valence-electron chi connectivity index (χ1n) is 6.46. The van der Waals surface area contributed by atoms with Crippen molar-refractivity contribution in [1.82, 2.24) is 9.78 Å². The van der Waals surface area contributed by atoms with Crippen molar-refractivity contribution in [3.8, 4) is 0 Å². The van der Waals surface area contributed by atoms with E-state index in [0.29, 0.717) is 12.5 Å². The average Bonchev–Trinajstić information content (AvgIpc) is 2.81. The van der Waals surface area contributed by atoms with Crippen LogP contribution in [0.1, 0.15) is 42.8 Å². The summed E-state index contributed by atoms with van der Waals surface area (Å²) in [6, 6.07) is 8.24. The third-order valence-corrected chi connectivity index (χ3v) is 4.26. The van der Waals surface area contributed by atoms with Gasteiger partial charge in [0, 0.05) is 23.1 Å². The monoisotopic (exact) mass is 322 g/mol. The van der Waals surface area contributed by atoms with E-state index in [9.17, 15) is 5.11 Å². The van der Waals surface area contributed by atoms with E-state index in [0.717, 1.165) is 21.3 Å². The van der Waals surface area contributed by atoms with E-state index < -0.39 is 6.10 Å². The number of aliphatic hydroxyl groups excluding tert-OH is 1. The molecule has 1 atom stereocenters. The Kier molecular flexibility index (Phi) is 4.42. The Morgan fingerprint density at radius 2 is 2.05 bits per heavy atom. The molecule has 1 heterocycles. The molecule has 0 bridgehead atoms. The molecule has 0 saturated carbocycles. The lowest BCUT2D eigenvalue weighted by atomic mass is 10.0. The molecule has 1 unspecified atom stereocenters. The zero-order valence-corrected chi connectivity index (χ0v) is 13.1. The maximum absolute atomic E-state index is 10.3. The van der Waals surface area contributed by atoms with Gasteiger partial charge >= 0.3 is 0 Å². The molecule has 2 rings (SSSR count). The minimum absolute atomic E-state index is 0.344. The number of aromatic nitrogens is 2. The Balaban J connectivity index is 2.16. The summed E-state index contributed by atoms with van der Waals surface area (Å²) >= 11 is 3.54. The molecule has 0 amide bonds. The zero-order valence-electron chi connectivity index (χ0n) is 11.5. The molecule has 1 N–H and O–H groups in total. The Labute approximate surface area is 122 Å². The molecule has 2 aromatic rings. The molecule has 0 aliphatic rings. The van der Waals surface area contributed by atoms with Gasteiger partial charge in [-0.3, -0.25) is 4.68 Å². The number of halogens is 1. The first-order valence-corrected chi connectivity index (χ1v) is 7.25. The summed E-state index contributed by atoms with van der Waals surface area (Å²) in [7, 11) is 0. The van der Waals surface area contributed by atoms with E-state index >= 15 is 0 Å². The average molecular weight is 323 g/mol. The predicted octanol–water partition coefficient (Wildman–Crippen LogP) is 3.81. The number of nitrogens with zero attached hydrogens (tertiary/aromatic N) is 2. The normalized spacial score (nSPS) is 12.9. The van der Waals surface area contributed by atoms with Crippen molar-refractivity contribution < 1.29 is 5.11 Å². The standard InChI is InChI=1S/C15H19BrN2O/c1-10(2)18-8-7-12(17-18)9-14(19)13-6-4-5-11(3)15(13)16/h4-8,10,14,19H,9H2,1-3H3. The topological polar surface area (TPSA) is 38.0 Å². The molecule has 0 aliphatic carbocycles. The van der Waals surface area contributed by atoms with E-state index in [1.807, 2.05) is 42.1 Å². The van der Waals surface area contributed by atoms with Gasteiger partial charge in [-0.05, 0) is 38.0 Å². The van der Waals surface area contributed by atoms with Crippen molar-refractivity contribution in [2.75, 3.05) is 0 Å². The largest absolute Gasteiger partial charge is 0.388 e. The molecule has 1 aromatic carbocycles. The summed E-state index contributed by atoms with van der Waals surface area (Å²) in [6.45, 7) is 6.20. The van der Waals surface area contributed by atoms with E-state index in [1.54, 1.807) is 0 Å². The second kappa shape index (κ2) is 5.88. The summed E-state index contributed by atoms with van der Waals surface area (Å²) in [4.78, 5) is 0. The molecule has 19 heavy (non-hydrogen) atoms. The molecule has 0 saturated heterocycles. The lowest BCUT2D eigenvalue weighted by Crippen LogP contribution is -2.06. The SMILES string of the molecule is Cc1cccc(C(O)Cc2ccn(C(C)C)n2)c1Br. The number of aliphatic hydroxyl groups is 1. The Bertz CT molecular complexity index is 563. The quantitative estimate of drug-likeness (QED) is 0.929. The molecule has 0 aliphatic heterocycles. The number of hydrogen-bond acceptors (Lipinski definition) is 2. The number of hydrogen-bond donors (Lipinski definition) is 1. The fourth-order valence-corrected chi connectivity index (χ4v) is 2.54. The second-order valence-electron chi connectivity index (χ2n) is 5.08. The smallest absolute Gasteiger partial charge is 0.0857 e. The molecule has 102 valence electrons. The van der Waals surface area contributed by atoms with Crippen LogP contribution in [0.4, 0.5) is 0 Å². The lowest BCUT2D eigenvalue weighted by Gasteiger charge is -2.13. The van der Waals surface area contributed by atoms with Crippen molar-refractivity contribution in [3.63, 3.8) is 0 Å². The van der Waals surface area contributed by atoms with Crippen LogP contribution in [0.5, 0.6) is 0 Å². The number of aryl methyl sites for hydroxylation is 1. The minimum atomic E-state index is -0.537. The Morgan fingerprint density at radius 1 is 1.32 bits per heavy atom. The third kappa shape index (κ3) is 3.25. The van der Waals surface area contributed by atoms with E-state index in [2.05, 4.69) is 34.9 Å². The van der Waals surface area contributed by atoms with Crippen LogP contribution in [0.3, 0.4) is 0 Å². The molecule has 3 nitrogen and oxygen atoms in total. The first kappa shape index (κ1) is 14.3. The number of benzene rings is 1. The molecule has 0 fully saturated rings. The molecular weight excluding hydrogens is 304 g/mol. The highest BCUT2D eigenvalue weighted by Crippen LogP contribution is 2.28. The van der Waals surface area contributed by atoms with Gasteiger partial charge in [0.05, 0.1) is 11.8 Å². The van der Waals surface area contributed by atoms with Crippen LogP contribution in [0.2, 0.25) is 0 Å². The van der Waals surface area contributed by atoms with Gasteiger partial charge in [0.25, 0.3) is 0 Å². The highest BCUT2D eigenvalue weighted by molar-refractivity contribution is 9.10. The van der Waals surface area contributed by atoms with E-state index in [1.165, 1.54) is 0 Å². The fraction of sp³-hybridized carbons (Fsp3) is 0.400. The molecule has 0 radical (unpaired) electrons. The maximum atomic E-state index is 10.3. The lowest BCUT2D eigenvalue weighted by molar-refractivity contribution is 0.176. The van der Waals surface area contributed by atoms with Crippen LogP contribution in [0.25, 0.3) is 0 Å². The molecular formula is C15H19BrN2O. The zero-order chi connectivity index (χ0) is 14.0. The highest BCUT2D eigenvalue weighted by atomic mass is 79.9. The third-order valence-electron chi connectivity index (χ3n) is 3.18. The van der Waals surface area contributed by atoms with E-state index in [-0.39, 0.29) is 0 Å². The molecule has 1 aromatic heterocycles. The van der Waals surface area contributed by atoms with E-state index in [4.69, 9.17) is 0 Å². The van der Waals surface area contributed by atoms with Gasteiger partial charge in [-0.15, -0.1) is 0 Å². The van der Waals surface area contributed by atoms with Crippen LogP contribution in [-0.2, 0) is 6.42 Å². The van der Waals surface area contributed by atoms with Crippen LogP contribution in [0.15, 0.2) is 34.9 Å². The van der Waals surface area contributed by atoms with Crippen LogP contribution >= 0.6 is 15.9 Å². The second-order valence-corrected chi connectivity index (χ2v) is 5.87. The van der Waals surface area contributed by atoms with Crippen molar-refractivity contribution in [2.24, 2.45) is 0 Å². The maximum Gasteiger partial charge on any atom is 0.0857 e. The van der Waals surface area contributed by atoms with Crippen molar-refractivity contribution >= 4 is 15.9 Å². The first-order chi connectivity index (χ1) is 8.99.